The molecular weight excluding hydrogens is 346 g/mol. The molecule has 1 aliphatic carbocycles. The number of benzene rings is 3. The predicted octanol–water partition coefficient (Wildman–Crippen LogP) is 5.09. The van der Waals surface area contributed by atoms with Crippen LogP contribution in [0.25, 0.3) is 0 Å². The maximum Gasteiger partial charge on any atom is 0.252 e. The van der Waals surface area contributed by atoms with Gasteiger partial charge in [0.2, 0.25) is 0 Å². The molecule has 3 heteroatoms. The fourth-order valence-electron chi connectivity index (χ4n) is 3.89. The van der Waals surface area contributed by atoms with E-state index in [1.54, 1.807) is 7.11 Å². The van der Waals surface area contributed by atoms with Gasteiger partial charge in [0.05, 0.1) is 13.2 Å². The molecule has 0 aromatic heterocycles. The number of amides is 1. The monoisotopic (exact) mass is 371 g/mol. The Labute approximate surface area is 166 Å². The number of nitrogens with one attached hydrogen (secondary N) is 1. The highest BCUT2D eigenvalue weighted by molar-refractivity contribution is 5.95. The fraction of sp³-hybridized carbons (Fsp3) is 0.240. The van der Waals surface area contributed by atoms with Crippen LogP contribution in [0.2, 0.25) is 0 Å². The minimum Gasteiger partial charge on any atom is -0.497 e. The molecule has 1 atom stereocenters. The minimum atomic E-state index is -0.212. The highest BCUT2D eigenvalue weighted by Crippen LogP contribution is 2.26. The van der Waals surface area contributed by atoms with E-state index in [9.17, 15) is 4.79 Å². The number of hydrogen-bond acceptors (Lipinski definition) is 2. The van der Waals surface area contributed by atoms with Crippen molar-refractivity contribution in [2.45, 2.75) is 31.7 Å². The molecule has 0 aliphatic heterocycles. The van der Waals surface area contributed by atoms with Gasteiger partial charge < -0.3 is 10.1 Å². The Morgan fingerprint density at radius 2 is 1.54 bits per heavy atom. The number of rotatable bonds is 5. The molecule has 1 N–H and O–H groups in total. The fourth-order valence-corrected chi connectivity index (χ4v) is 3.89. The van der Waals surface area contributed by atoms with Gasteiger partial charge in [0, 0.05) is 5.56 Å². The van der Waals surface area contributed by atoms with Crippen LogP contribution in [0.1, 0.15) is 51.5 Å². The summed E-state index contributed by atoms with van der Waals surface area (Å²) in [4.78, 5) is 13.1. The molecule has 0 bridgehead atoms. The van der Waals surface area contributed by atoms with Gasteiger partial charge in [-0.2, -0.15) is 0 Å². The third-order valence-corrected chi connectivity index (χ3v) is 5.47. The van der Waals surface area contributed by atoms with E-state index in [2.05, 4.69) is 17.4 Å². The van der Waals surface area contributed by atoms with Crippen molar-refractivity contribution in [2.24, 2.45) is 0 Å². The van der Waals surface area contributed by atoms with Crippen molar-refractivity contribution in [3.8, 4) is 5.75 Å². The Morgan fingerprint density at radius 1 is 0.857 bits per heavy atom. The van der Waals surface area contributed by atoms with E-state index in [4.69, 9.17) is 4.74 Å². The molecule has 0 saturated heterocycles. The van der Waals surface area contributed by atoms with E-state index >= 15 is 0 Å². The van der Waals surface area contributed by atoms with Crippen molar-refractivity contribution in [1.82, 2.24) is 5.32 Å². The van der Waals surface area contributed by atoms with Gasteiger partial charge >= 0.3 is 0 Å². The first-order chi connectivity index (χ1) is 13.7. The Balaban J connectivity index is 1.62. The van der Waals surface area contributed by atoms with Gasteiger partial charge in [-0.25, -0.2) is 0 Å². The summed E-state index contributed by atoms with van der Waals surface area (Å²) in [5.74, 6) is 0.759. The van der Waals surface area contributed by atoms with Crippen LogP contribution in [-0.2, 0) is 12.8 Å². The maximum absolute atomic E-state index is 13.1. The average molecular weight is 371 g/mol. The van der Waals surface area contributed by atoms with Gasteiger partial charge in [0.15, 0.2) is 0 Å². The topological polar surface area (TPSA) is 38.3 Å². The summed E-state index contributed by atoms with van der Waals surface area (Å²) >= 11 is 0. The van der Waals surface area contributed by atoms with Gasteiger partial charge in [-0.3, -0.25) is 4.79 Å². The predicted molar refractivity (Wildman–Crippen MR) is 112 cm³/mol. The molecule has 0 unspecified atom stereocenters. The van der Waals surface area contributed by atoms with Crippen LogP contribution in [-0.4, -0.2) is 13.0 Å². The van der Waals surface area contributed by atoms with Crippen molar-refractivity contribution in [3.05, 3.63) is 101 Å². The molecule has 3 aromatic rings. The Kier molecular flexibility index (Phi) is 5.43. The van der Waals surface area contributed by atoms with Crippen LogP contribution >= 0.6 is 0 Å². The summed E-state index contributed by atoms with van der Waals surface area (Å²) in [6.45, 7) is 0. The normalized spacial score (nSPS) is 14.0. The third-order valence-electron chi connectivity index (χ3n) is 5.47. The first kappa shape index (κ1) is 18.3. The molecule has 3 nitrogen and oxygen atoms in total. The molecule has 4 rings (SSSR count). The Morgan fingerprint density at radius 3 is 2.25 bits per heavy atom. The summed E-state index contributed by atoms with van der Waals surface area (Å²) in [5.41, 5.74) is 5.52. The first-order valence-corrected chi connectivity index (χ1v) is 9.86. The van der Waals surface area contributed by atoms with Crippen LogP contribution in [0, 0.1) is 0 Å². The molecule has 1 aliphatic rings. The third kappa shape index (κ3) is 3.94. The van der Waals surface area contributed by atoms with Crippen LogP contribution in [0.5, 0.6) is 5.75 Å². The second kappa shape index (κ2) is 8.30. The zero-order valence-electron chi connectivity index (χ0n) is 16.2. The largest absolute Gasteiger partial charge is 0.497 e. The van der Waals surface area contributed by atoms with E-state index in [1.807, 2.05) is 60.7 Å². The van der Waals surface area contributed by atoms with Crippen molar-refractivity contribution < 1.29 is 9.53 Å². The highest BCUT2D eigenvalue weighted by atomic mass is 16.5. The maximum atomic E-state index is 13.1. The molecule has 0 radical (unpaired) electrons. The summed E-state index contributed by atoms with van der Waals surface area (Å²) < 4.78 is 5.27. The molecule has 0 heterocycles. The van der Waals surface area contributed by atoms with E-state index in [0.29, 0.717) is 0 Å². The highest BCUT2D eigenvalue weighted by Gasteiger charge is 2.19. The molecule has 28 heavy (non-hydrogen) atoms. The van der Waals surface area contributed by atoms with E-state index in [1.165, 1.54) is 24.0 Å². The average Bonchev–Trinajstić information content (AvgIpc) is 2.77. The lowest BCUT2D eigenvalue weighted by Crippen LogP contribution is -2.29. The van der Waals surface area contributed by atoms with Crippen molar-refractivity contribution in [3.63, 3.8) is 0 Å². The lowest BCUT2D eigenvalue weighted by Gasteiger charge is -2.21. The molecule has 0 saturated carbocycles. The van der Waals surface area contributed by atoms with Crippen LogP contribution in [0.3, 0.4) is 0 Å². The van der Waals surface area contributed by atoms with Gasteiger partial charge in [0.25, 0.3) is 5.91 Å². The molecular formula is C25H25NO2. The van der Waals surface area contributed by atoms with Gasteiger partial charge in [0.1, 0.15) is 5.75 Å². The first-order valence-electron chi connectivity index (χ1n) is 9.86. The lowest BCUT2D eigenvalue weighted by atomic mass is 9.90. The zero-order chi connectivity index (χ0) is 19.3. The van der Waals surface area contributed by atoms with Gasteiger partial charge in [-0.1, -0.05) is 48.5 Å². The number of aryl methyl sites for hydroxylation is 2. The SMILES string of the molecule is COc1ccc([C@@H](NC(=O)c2ccc3c(c2)CCCC3)c2ccccc2)cc1. The molecule has 0 spiro atoms. The molecule has 3 aromatic carbocycles. The number of carbonyl (C=O) groups is 1. The minimum absolute atomic E-state index is 0.0435. The molecule has 0 fully saturated rings. The number of fused-ring (bicyclic) bond motifs is 1. The van der Waals surface area contributed by atoms with Crippen molar-refractivity contribution >= 4 is 5.91 Å². The van der Waals surface area contributed by atoms with Crippen LogP contribution in [0.4, 0.5) is 0 Å². The quantitative estimate of drug-likeness (QED) is 0.678. The Hall–Kier alpha value is -3.07. The van der Waals surface area contributed by atoms with Gasteiger partial charge in [-0.05, 0) is 72.2 Å². The smallest absolute Gasteiger partial charge is 0.252 e. The number of methoxy groups -OCH3 is 1. The van der Waals surface area contributed by atoms with Crippen molar-refractivity contribution in [1.29, 1.82) is 0 Å². The number of carbonyl (C=O) groups excluding carboxylic acids is 1. The summed E-state index contributed by atoms with van der Waals surface area (Å²) in [6, 6.07) is 23.9. The Bertz CT molecular complexity index is 948. The molecule has 1 amide bonds. The van der Waals surface area contributed by atoms with Crippen molar-refractivity contribution in [2.75, 3.05) is 7.11 Å². The van der Waals surface area contributed by atoms with Gasteiger partial charge in [-0.15, -0.1) is 0 Å². The van der Waals surface area contributed by atoms with E-state index in [0.717, 1.165) is 35.3 Å². The number of ether oxygens (including phenoxy) is 1. The molecule has 142 valence electrons. The standard InChI is InChI=1S/C25H25NO2/c1-28-23-15-13-20(14-16-23)24(19-8-3-2-4-9-19)26-25(27)22-12-11-18-7-5-6-10-21(18)17-22/h2-4,8-9,11-17,24H,5-7,10H2,1H3,(H,26,27)/t24-/m0/s1. The van der Waals surface area contributed by atoms with E-state index in [-0.39, 0.29) is 11.9 Å². The zero-order valence-corrected chi connectivity index (χ0v) is 16.2. The van der Waals surface area contributed by atoms with Crippen LogP contribution in [0.15, 0.2) is 72.8 Å². The summed E-state index contributed by atoms with van der Waals surface area (Å²) in [6.07, 6.45) is 4.63. The van der Waals surface area contributed by atoms with Crippen LogP contribution < -0.4 is 10.1 Å². The summed E-state index contributed by atoms with van der Waals surface area (Å²) in [7, 11) is 1.65. The number of hydrogen-bond donors (Lipinski definition) is 1. The van der Waals surface area contributed by atoms with E-state index < -0.39 is 0 Å². The lowest BCUT2D eigenvalue weighted by molar-refractivity contribution is 0.0943. The second-order valence-corrected chi connectivity index (χ2v) is 7.28. The second-order valence-electron chi connectivity index (χ2n) is 7.28. The summed E-state index contributed by atoms with van der Waals surface area (Å²) in [5, 5.41) is 3.23.